The Morgan fingerprint density at radius 2 is 1.66 bits per heavy atom. The number of benzene rings is 1. The Kier molecular flexibility index (Phi) is 7.97. The number of carbonyl (C=O) groups excluding carboxylic acids is 2. The topological polar surface area (TPSA) is 69.6 Å². The quantitative estimate of drug-likeness (QED) is 0.397. The van der Waals surface area contributed by atoms with E-state index >= 15 is 0 Å². The van der Waals surface area contributed by atoms with E-state index in [1.807, 2.05) is 39.1 Å². The van der Waals surface area contributed by atoms with Crippen LogP contribution in [-0.4, -0.2) is 46.8 Å². The maximum atomic E-state index is 13.3. The maximum absolute atomic E-state index is 13.3. The molecule has 0 bridgehead atoms. The van der Waals surface area contributed by atoms with Gasteiger partial charge in [0.15, 0.2) is 0 Å². The SMILES string of the molecule is CCN1C(=O)C(C)(C)C(=O)N(C)c2cc(CN(CCc3ccc(C)nc3C)Cc3cccnc3C)ccc21. The van der Waals surface area contributed by atoms with Crippen molar-refractivity contribution in [1.82, 2.24) is 14.9 Å². The number of aryl methyl sites for hydroxylation is 3. The van der Waals surface area contributed by atoms with E-state index in [-0.39, 0.29) is 11.8 Å². The number of aromatic nitrogens is 2. The monoisotopic (exact) mass is 513 g/mol. The average molecular weight is 514 g/mol. The van der Waals surface area contributed by atoms with Crippen LogP contribution in [0.2, 0.25) is 0 Å². The van der Waals surface area contributed by atoms with E-state index in [0.717, 1.165) is 53.5 Å². The van der Waals surface area contributed by atoms with Gasteiger partial charge in [0, 0.05) is 56.5 Å². The molecule has 7 heteroatoms. The standard InChI is InChI=1S/C31H39N5O2/c1-8-36-27-14-12-24(18-28(27)34(7)29(37)31(5,6)30(36)38)19-35(20-26-10-9-16-32-22(26)3)17-15-25-13-11-21(2)33-23(25)4/h9-14,16,18H,8,15,17,19-20H2,1-7H3. The van der Waals surface area contributed by atoms with Crippen LogP contribution in [0.3, 0.4) is 0 Å². The Morgan fingerprint density at radius 1 is 0.895 bits per heavy atom. The minimum Gasteiger partial charge on any atom is -0.313 e. The van der Waals surface area contributed by atoms with Crippen molar-refractivity contribution in [2.75, 3.05) is 29.9 Å². The molecule has 0 saturated heterocycles. The summed E-state index contributed by atoms with van der Waals surface area (Å²) in [5.74, 6) is -0.360. The number of hydrogen-bond donors (Lipinski definition) is 0. The Labute approximate surface area is 226 Å². The lowest BCUT2D eigenvalue weighted by Crippen LogP contribution is -2.47. The predicted octanol–water partition coefficient (Wildman–Crippen LogP) is 5.00. The first-order chi connectivity index (χ1) is 18.0. The number of carbonyl (C=O) groups is 2. The molecule has 4 rings (SSSR count). The molecule has 200 valence electrons. The first-order valence-electron chi connectivity index (χ1n) is 13.3. The van der Waals surface area contributed by atoms with Crippen molar-refractivity contribution in [3.63, 3.8) is 0 Å². The fourth-order valence-electron chi connectivity index (χ4n) is 5.20. The van der Waals surface area contributed by atoms with Crippen molar-refractivity contribution in [3.8, 4) is 0 Å². The van der Waals surface area contributed by atoms with Gasteiger partial charge in [-0.2, -0.15) is 0 Å². The van der Waals surface area contributed by atoms with E-state index in [9.17, 15) is 9.59 Å². The Morgan fingerprint density at radius 3 is 2.34 bits per heavy atom. The number of fused-ring (bicyclic) bond motifs is 1. The molecule has 1 aromatic carbocycles. The van der Waals surface area contributed by atoms with Gasteiger partial charge in [0.25, 0.3) is 0 Å². The molecule has 3 aromatic rings. The van der Waals surface area contributed by atoms with Crippen molar-refractivity contribution in [1.29, 1.82) is 0 Å². The van der Waals surface area contributed by atoms with E-state index in [1.165, 1.54) is 11.1 Å². The molecule has 2 aromatic heterocycles. The fraction of sp³-hybridized carbons (Fsp3) is 0.419. The molecule has 2 amide bonds. The molecule has 0 spiro atoms. The zero-order valence-electron chi connectivity index (χ0n) is 23.7. The average Bonchev–Trinajstić information content (AvgIpc) is 2.93. The minimum atomic E-state index is -1.12. The lowest BCUT2D eigenvalue weighted by molar-refractivity contribution is -0.137. The second-order valence-electron chi connectivity index (χ2n) is 10.8. The van der Waals surface area contributed by atoms with Crippen molar-refractivity contribution in [3.05, 3.63) is 82.4 Å². The lowest BCUT2D eigenvalue weighted by Gasteiger charge is -2.27. The highest BCUT2D eigenvalue weighted by atomic mass is 16.2. The first kappa shape index (κ1) is 27.5. The zero-order valence-corrected chi connectivity index (χ0v) is 23.7. The lowest BCUT2D eigenvalue weighted by atomic mass is 9.90. The summed E-state index contributed by atoms with van der Waals surface area (Å²) in [4.78, 5) is 41.4. The molecule has 38 heavy (non-hydrogen) atoms. The number of hydrogen-bond acceptors (Lipinski definition) is 5. The maximum Gasteiger partial charge on any atom is 0.242 e. The van der Waals surface area contributed by atoms with E-state index < -0.39 is 5.41 Å². The van der Waals surface area contributed by atoms with Gasteiger partial charge in [0.1, 0.15) is 5.41 Å². The van der Waals surface area contributed by atoms with Crippen molar-refractivity contribution < 1.29 is 9.59 Å². The van der Waals surface area contributed by atoms with Crippen LogP contribution in [0.15, 0.2) is 48.7 Å². The molecule has 0 fully saturated rings. The summed E-state index contributed by atoms with van der Waals surface area (Å²) < 4.78 is 0. The summed E-state index contributed by atoms with van der Waals surface area (Å²) in [6, 6.07) is 14.5. The van der Waals surface area contributed by atoms with Crippen LogP contribution in [0.5, 0.6) is 0 Å². The largest absolute Gasteiger partial charge is 0.313 e. The second-order valence-corrected chi connectivity index (χ2v) is 10.8. The third-order valence-electron chi connectivity index (χ3n) is 7.58. The molecule has 0 unspecified atom stereocenters. The first-order valence-corrected chi connectivity index (χ1v) is 13.3. The van der Waals surface area contributed by atoms with Gasteiger partial charge in [-0.3, -0.25) is 24.5 Å². The van der Waals surface area contributed by atoms with Gasteiger partial charge in [0.2, 0.25) is 11.8 Å². The molecule has 0 aliphatic carbocycles. The zero-order chi connectivity index (χ0) is 27.6. The summed E-state index contributed by atoms with van der Waals surface area (Å²) in [6.45, 7) is 14.3. The molecule has 0 atom stereocenters. The Bertz CT molecular complexity index is 1350. The van der Waals surface area contributed by atoms with E-state index in [4.69, 9.17) is 0 Å². The van der Waals surface area contributed by atoms with E-state index in [0.29, 0.717) is 13.1 Å². The number of nitrogens with zero attached hydrogens (tertiary/aromatic N) is 5. The number of pyridine rings is 2. The highest BCUT2D eigenvalue weighted by molar-refractivity contribution is 6.19. The van der Waals surface area contributed by atoms with Gasteiger partial charge in [-0.25, -0.2) is 0 Å². The van der Waals surface area contributed by atoms with Gasteiger partial charge < -0.3 is 9.80 Å². The van der Waals surface area contributed by atoms with Crippen molar-refractivity contribution >= 4 is 23.2 Å². The minimum absolute atomic E-state index is 0.167. The summed E-state index contributed by atoms with van der Waals surface area (Å²) >= 11 is 0. The molecule has 0 saturated carbocycles. The summed E-state index contributed by atoms with van der Waals surface area (Å²) in [6.07, 6.45) is 2.71. The molecular formula is C31H39N5O2. The molecular weight excluding hydrogens is 474 g/mol. The Balaban J connectivity index is 1.65. The molecule has 0 N–H and O–H groups in total. The third-order valence-corrected chi connectivity index (χ3v) is 7.58. The van der Waals surface area contributed by atoms with Crippen LogP contribution in [0, 0.1) is 26.2 Å². The highest BCUT2D eigenvalue weighted by Crippen LogP contribution is 2.39. The molecule has 0 radical (unpaired) electrons. The van der Waals surface area contributed by atoms with Gasteiger partial charge in [-0.1, -0.05) is 18.2 Å². The van der Waals surface area contributed by atoms with Crippen LogP contribution in [-0.2, 0) is 29.1 Å². The van der Waals surface area contributed by atoms with E-state index in [2.05, 4.69) is 52.1 Å². The summed E-state index contributed by atoms with van der Waals surface area (Å²) in [5.41, 5.74) is 7.08. The van der Waals surface area contributed by atoms with Crippen LogP contribution < -0.4 is 9.80 Å². The van der Waals surface area contributed by atoms with Crippen molar-refractivity contribution in [2.24, 2.45) is 5.41 Å². The predicted molar refractivity (Wildman–Crippen MR) is 152 cm³/mol. The number of amides is 2. The highest BCUT2D eigenvalue weighted by Gasteiger charge is 2.45. The van der Waals surface area contributed by atoms with Crippen LogP contribution in [0.1, 0.15) is 54.5 Å². The second kappa shape index (κ2) is 11.0. The number of anilines is 2. The third kappa shape index (κ3) is 5.48. The molecule has 1 aliphatic heterocycles. The Hall–Kier alpha value is -3.58. The number of rotatable bonds is 8. The molecule has 7 nitrogen and oxygen atoms in total. The fourth-order valence-corrected chi connectivity index (χ4v) is 5.20. The van der Waals surface area contributed by atoms with E-state index in [1.54, 1.807) is 30.7 Å². The molecule has 1 aliphatic rings. The van der Waals surface area contributed by atoms with Crippen LogP contribution in [0.25, 0.3) is 0 Å². The van der Waals surface area contributed by atoms with Crippen molar-refractivity contribution in [2.45, 2.75) is 61.1 Å². The summed E-state index contributed by atoms with van der Waals surface area (Å²) in [5, 5.41) is 0. The summed E-state index contributed by atoms with van der Waals surface area (Å²) in [7, 11) is 1.77. The van der Waals surface area contributed by atoms with Gasteiger partial charge >= 0.3 is 0 Å². The smallest absolute Gasteiger partial charge is 0.242 e. The molecule has 3 heterocycles. The normalized spacial score (nSPS) is 15.2. The van der Waals surface area contributed by atoms with Crippen LogP contribution in [0.4, 0.5) is 11.4 Å². The van der Waals surface area contributed by atoms with Crippen LogP contribution >= 0.6 is 0 Å². The van der Waals surface area contributed by atoms with Gasteiger partial charge in [-0.15, -0.1) is 0 Å². The van der Waals surface area contributed by atoms with Gasteiger partial charge in [0.05, 0.1) is 11.4 Å². The van der Waals surface area contributed by atoms with Gasteiger partial charge in [-0.05, 0) is 88.9 Å².